The smallest absolute Gasteiger partial charge is 0.243 e. The molecule has 2 rings (SSSR count). The van der Waals surface area contributed by atoms with Crippen molar-refractivity contribution in [1.29, 1.82) is 0 Å². The fraction of sp³-hybridized carbons (Fsp3) is 0.455. The third-order valence-corrected chi connectivity index (χ3v) is 4.54. The first-order valence-corrected chi connectivity index (χ1v) is 6.69. The number of hydrogen-bond acceptors (Lipinski definition) is 3. The van der Waals surface area contributed by atoms with Crippen molar-refractivity contribution in [3.8, 4) is 0 Å². The molecule has 0 N–H and O–H groups in total. The van der Waals surface area contributed by atoms with Gasteiger partial charge < -0.3 is 9.44 Å². The van der Waals surface area contributed by atoms with Gasteiger partial charge in [-0.2, -0.15) is 4.31 Å². The van der Waals surface area contributed by atoms with Crippen LogP contribution < -0.4 is 4.70 Å². The molecular weight excluding hydrogens is 245 g/mol. The maximum absolute atomic E-state index is 12.2. The van der Waals surface area contributed by atoms with E-state index in [1.807, 2.05) is 19.1 Å². The van der Waals surface area contributed by atoms with E-state index in [9.17, 15) is 8.42 Å². The van der Waals surface area contributed by atoms with E-state index in [4.69, 9.17) is 4.74 Å². The van der Waals surface area contributed by atoms with Gasteiger partial charge in [0.2, 0.25) is 10.0 Å². The zero-order chi connectivity index (χ0) is 11.6. The van der Waals surface area contributed by atoms with E-state index in [1.54, 1.807) is 12.1 Å². The molecule has 0 aliphatic carbocycles. The lowest BCUT2D eigenvalue weighted by Gasteiger charge is -2.26. The van der Waals surface area contributed by atoms with Crippen molar-refractivity contribution in [2.45, 2.75) is 11.8 Å². The van der Waals surface area contributed by atoms with Crippen LogP contribution in [0.4, 0.5) is 0 Å². The molecule has 1 aromatic carbocycles. The van der Waals surface area contributed by atoms with Gasteiger partial charge in [-0.3, -0.25) is 0 Å². The average Bonchev–Trinajstić information content (AvgIpc) is 2.31. The lowest BCUT2D eigenvalue weighted by molar-refractivity contribution is -0.00000625. The molecule has 1 fully saturated rings. The van der Waals surface area contributed by atoms with Crippen molar-refractivity contribution in [3.05, 3.63) is 29.8 Å². The van der Waals surface area contributed by atoms with Crippen LogP contribution in [0.1, 0.15) is 5.56 Å². The highest BCUT2D eigenvalue weighted by Gasteiger charge is 2.25. The summed E-state index contributed by atoms with van der Waals surface area (Å²) < 4.78 is 31.0. The summed E-state index contributed by atoms with van der Waals surface area (Å²) in [5.74, 6) is 0. The number of nitrogens with zero attached hydrogens (tertiary/aromatic N) is 1. The summed E-state index contributed by atoms with van der Waals surface area (Å²) >= 11 is 0. The number of morpholine rings is 1. The first kappa shape index (κ1) is 14.1. The Morgan fingerprint density at radius 1 is 1.12 bits per heavy atom. The number of aryl methyl sites for hydroxylation is 1. The Kier molecular flexibility index (Phi) is 4.62. The fourth-order valence-electron chi connectivity index (χ4n) is 1.65. The van der Waals surface area contributed by atoms with Gasteiger partial charge in [0.05, 0.1) is 18.1 Å². The fourth-order valence-corrected chi connectivity index (χ4v) is 3.05. The summed E-state index contributed by atoms with van der Waals surface area (Å²) in [6.07, 6.45) is 0. The number of hydrogen-bond donors (Lipinski definition) is 0. The van der Waals surface area contributed by atoms with E-state index in [2.05, 4.69) is 0 Å². The Hall–Kier alpha value is -0.980. The van der Waals surface area contributed by atoms with Crippen LogP contribution in [0.3, 0.4) is 0 Å². The van der Waals surface area contributed by atoms with Gasteiger partial charge in [-0.05, 0) is 19.1 Å². The molecule has 0 radical (unpaired) electrons. The molecule has 1 saturated heterocycles. The van der Waals surface area contributed by atoms with Crippen LogP contribution in [0.15, 0.2) is 29.2 Å². The molecule has 0 aromatic heterocycles. The van der Waals surface area contributed by atoms with Gasteiger partial charge in [-0.1, -0.05) is 17.7 Å². The Balaban J connectivity index is 0.00000144. The molecule has 4 nitrogen and oxygen atoms in total. The average molecular weight is 260 g/mol. The second-order valence-corrected chi connectivity index (χ2v) is 5.77. The number of sulfonamides is 1. The van der Waals surface area contributed by atoms with Gasteiger partial charge in [0.15, 0.2) is 0 Å². The first-order valence-electron chi connectivity index (χ1n) is 5.25. The monoisotopic (exact) mass is 260 g/mol. The zero-order valence-electron chi connectivity index (χ0n) is 9.60. The summed E-state index contributed by atoms with van der Waals surface area (Å²) in [4.78, 5) is 0.361. The predicted molar refractivity (Wildman–Crippen MR) is 60.8 cm³/mol. The van der Waals surface area contributed by atoms with Gasteiger partial charge >= 0.3 is 0 Å². The van der Waals surface area contributed by atoms with Crippen molar-refractivity contribution >= 4 is 10.0 Å². The van der Waals surface area contributed by atoms with Crippen molar-refractivity contribution in [1.82, 2.24) is 4.31 Å². The van der Waals surface area contributed by atoms with Crippen LogP contribution in [-0.2, 0) is 14.8 Å². The third kappa shape index (κ3) is 3.02. The van der Waals surface area contributed by atoms with Gasteiger partial charge in [0.25, 0.3) is 0 Å². The third-order valence-electron chi connectivity index (χ3n) is 2.63. The minimum Gasteiger partial charge on any atom is -1.00 e. The largest absolute Gasteiger partial charge is 1.00 e. The first-order chi connectivity index (χ1) is 7.60. The molecule has 1 aliphatic heterocycles. The van der Waals surface area contributed by atoms with Gasteiger partial charge in [-0.15, -0.1) is 0 Å². The number of benzene rings is 1. The Labute approximate surface area is 101 Å². The second kappa shape index (κ2) is 5.57. The van der Waals surface area contributed by atoms with Crippen LogP contribution in [0.25, 0.3) is 0 Å². The number of ether oxygens (including phenoxy) is 1. The van der Waals surface area contributed by atoms with E-state index in [-0.39, 0.29) is 4.70 Å². The highest BCUT2D eigenvalue weighted by Crippen LogP contribution is 2.17. The SMILES string of the molecule is Cc1ccc(S(=O)(=O)N2CCOCC2)cc1.[F-]. The number of rotatable bonds is 2. The molecule has 1 aliphatic rings. The minimum absolute atomic E-state index is 0. The predicted octanol–water partition coefficient (Wildman–Crippen LogP) is -1.98. The number of halogens is 1. The standard InChI is InChI=1S/C11H15NO3S.FH/c1-10-2-4-11(5-3-10)16(13,14)12-6-8-15-9-7-12;/h2-5H,6-9H2,1H3;1H/p-1. The molecular formula is C11H15FNO3S-. The van der Waals surface area contributed by atoms with E-state index < -0.39 is 10.0 Å². The molecule has 96 valence electrons. The highest BCUT2D eigenvalue weighted by molar-refractivity contribution is 7.89. The van der Waals surface area contributed by atoms with Crippen molar-refractivity contribution in [3.63, 3.8) is 0 Å². The lowest BCUT2D eigenvalue weighted by atomic mass is 10.2. The Bertz CT molecular complexity index is 452. The molecule has 1 heterocycles. The Morgan fingerprint density at radius 2 is 1.65 bits per heavy atom. The molecule has 0 unspecified atom stereocenters. The summed E-state index contributed by atoms with van der Waals surface area (Å²) in [6.45, 7) is 3.77. The van der Waals surface area contributed by atoms with Crippen molar-refractivity contribution in [2.75, 3.05) is 26.3 Å². The van der Waals surface area contributed by atoms with E-state index in [1.165, 1.54) is 4.31 Å². The molecule has 6 heteroatoms. The molecule has 0 atom stereocenters. The zero-order valence-corrected chi connectivity index (χ0v) is 10.4. The molecule has 1 aromatic rings. The topological polar surface area (TPSA) is 46.6 Å². The van der Waals surface area contributed by atoms with E-state index in [0.29, 0.717) is 31.2 Å². The van der Waals surface area contributed by atoms with Crippen LogP contribution in [0.2, 0.25) is 0 Å². The summed E-state index contributed by atoms with van der Waals surface area (Å²) in [5.41, 5.74) is 1.06. The van der Waals surface area contributed by atoms with Crippen LogP contribution in [0.5, 0.6) is 0 Å². The second-order valence-electron chi connectivity index (χ2n) is 3.83. The summed E-state index contributed by atoms with van der Waals surface area (Å²) in [6, 6.07) is 6.93. The van der Waals surface area contributed by atoms with Gasteiger partial charge in [0.1, 0.15) is 0 Å². The lowest BCUT2D eigenvalue weighted by Crippen LogP contribution is -3.00. The van der Waals surface area contributed by atoms with Crippen molar-refractivity contribution < 1.29 is 17.9 Å². The molecule has 0 spiro atoms. The van der Waals surface area contributed by atoms with Gasteiger partial charge in [-0.25, -0.2) is 8.42 Å². The summed E-state index contributed by atoms with van der Waals surface area (Å²) in [7, 11) is -3.33. The van der Waals surface area contributed by atoms with E-state index >= 15 is 0 Å². The molecule has 0 saturated carbocycles. The Morgan fingerprint density at radius 3 is 2.18 bits per heavy atom. The van der Waals surface area contributed by atoms with E-state index in [0.717, 1.165) is 5.56 Å². The van der Waals surface area contributed by atoms with Crippen LogP contribution >= 0.6 is 0 Å². The van der Waals surface area contributed by atoms with Gasteiger partial charge in [0, 0.05) is 13.1 Å². The normalized spacial score (nSPS) is 17.5. The molecule has 0 bridgehead atoms. The van der Waals surface area contributed by atoms with Crippen molar-refractivity contribution in [2.24, 2.45) is 0 Å². The quantitative estimate of drug-likeness (QED) is 0.619. The molecule has 17 heavy (non-hydrogen) atoms. The summed E-state index contributed by atoms with van der Waals surface area (Å²) in [5, 5.41) is 0. The minimum atomic E-state index is -3.33. The maximum atomic E-state index is 12.2. The maximum Gasteiger partial charge on any atom is 0.243 e. The highest BCUT2D eigenvalue weighted by atomic mass is 32.2. The molecule has 0 amide bonds. The van der Waals surface area contributed by atoms with Crippen LogP contribution in [0, 0.1) is 6.92 Å². The van der Waals surface area contributed by atoms with Crippen LogP contribution in [-0.4, -0.2) is 39.0 Å².